The second-order valence-corrected chi connectivity index (χ2v) is 6.28. The van der Waals surface area contributed by atoms with E-state index in [1.165, 1.54) is 0 Å². The first-order valence-corrected chi connectivity index (χ1v) is 8.11. The van der Waals surface area contributed by atoms with Crippen molar-refractivity contribution in [3.63, 3.8) is 0 Å². The van der Waals surface area contributed by atoms with Crippen molar-refractivity contribution in [3.05, 3.63) is 52.3 Å². The third-order valence-electron chi connectivity index (χ3n) is 3.99. The van der Waals surface area contributed by atoms with Crippen molar-refractivity contribution < 1.29 is 9.52 Å². The molecule has 0 spiro atoms. The molecule has 0 amide bonds. The first kappa shape index (κ1) is 17.0. The first-order valence-electron chi connectivity index (χ1n) is 8.11. The number of aryl methyl sites for hydroxylation is 1. The summed E-state index contributed by atoms with van der Waals surface area (Å²) < 4.78 is 6.92. The number of nitrogens with one attached hydrogen (secondary N) is 1. The van der Waals surface area contributed by atoms with E-state index in [1.807, 2.05) is 38.1 Å². The third-order valence-corrected chi connectivity index (χ3v) is 3.99. The SMILES string of the molecule is Cc1ccc(O)c(CNc2ccc3oc(=O)n(CCN(C)C)c3c2)n1. The Morgan fingerprint density at radius 3 is 2.84 bits per heavy atom. The summed E-state index contributed by atoms with van der Waals surface area (Å²) in [6.07, 6.45) is 0. The molecule has 0 aliphatic rings. The van der Waals surface area contributed by atoms with Crippen LogP contribution in [-0.2, 0) is 13.1 Å². The van der Waals surface area contributed by atoms with E-state index in [0.29, 0.717) is 24.4 Å². The number of anilines is 1. The summed E-state index contributed by atoms with van der Waals surface area (Å²) in [5, 5.41) is 13.1. The van der Waals surface area contributed by atoms with Gasteiger partial charge in [0, 0.05) is 24.5 Å². The lowest BCUT2D eigenvalue weighted by molar-refractivity contribution is 0.374. The predicted octanol–water partition coefficient (Wildman–Crippen LogP) is 2.18. The van der Waals surface area contributed by atoms with Gasteiger partial charge in [-0.2, -0.15) is 0 Å². The van der Waals surface area contributed by atoms with E-state index in [0.717, 1.165) is 23.4 Å². The van der Waals surface area contributed by atoms with Crippen LogP contribution in [0.25, 0.3) is 11.1 Å². The van der Waals surface area contributed by atoms with Crippen molar-refractivity contribution in [1.82, 2.24) is 14.5 Å². The van der Waals surface area contributed by atoms with Crippen LogP contribution in [0.3, 0.4) is 0 Å². The largest absolute Gasteiger partial charge is 0.506 e. The number of oxazole rings is 1. The smallest absolute Gasteiger partial charge is 0.419 e. The van der Waals surface area contributed by atoms with Crippen LogP contribution in [-0.4, -0.2) is 40.2 Å². The molecule has 0 aliphatic carbocycles. The highest BCUT2D eigenvalue weighted by molar-refractivity contribution is 5.77. The highest BCUT2D eigenvalue weighted by Crippen LogP contribution is 2.21. The summed E-state index contributed by atoms with van der Waals surface area (Å²) in [5.41, 5.74) is 3.56. The number of nitrogens with zero attached hydrogens (tertiary/aromatic N) is 3. The highest BCUT2D eigenvalue weighted by Gasteiger charge is 2.11. The van der Waals surface area contributed by atoms with E-state index < -0.39 is 0 Å². The zero-order valence-electron chi connectivity index (χ0n) is 14.6. The molecule has 0 bridgehead atoms. The van der Waals surface area contributed by atoms with Crippen molar-refractivity contribution in [2.75, 3.05) is 26.0 Å². The Morgan fingerprint density at radius 2 is 2.08 bits per heavy atom. The van der Waals surface area contributed by atoms with Crippen LogP contribution in [0, 0.1) is 6.92 Å². The Labute approximate surface area is 145 Å². The van der Waals surface area contributed by atoms with Gasteiger partial charge in [0.25, 0.3) is 0 Å². The fourth-order valence-electron chi connectivity index (χ4n) is 2.60. The number of benzene rings is 1. The van der Waals surface area contributed by atoms with Gasteiger partial charge in [0.2, 0.25) is 0 Å². The molecule has 132 valence electrons. The van der Waals surface area contributed by atoms with Crippen LogP contribution in [0.1, 0.15) is 11.4 Å². The Hall–Kier alpha value is -2.80. The monoisotopic (exact) mass is 342 g/mol. The summed E-state index contributed by atoms with van der Waals surface area (Å²) in [4.78, 5) is 18.4. The van der Waals surface area contributed by atoms with Gasteiger partial charge in [0.1, 0.15) is 11.4 Å². The maximum Gasteiger partial charge on any atom is 0.419 e. The summed E-state index contributed by atoms with van der Waals surface area (Å²) in [5.74, 6) is -0.197. The molecule has 0 unspecified atom stereocenters. The van der Waals surface area contributed by atoms with E-state index >= 15 is 0 Å². The second-order valence-electron chi connectivity index (χ2n) is 6.28. The average Bonchev–Trinajstić information content (AvgIpc) is 2.88. The molecule has 25 heavy (non-hydrogen) atoms. The van der Waals surface area contributed by atoms with Gasteiger partial charge in [-0.1, -0.05) is 0 Å². The van der Waals surface area contributed by atoms with Crippen molar-refractivity contribution in [2.24, 2.45) is 0 Å². The summed E-state index contributed by atoms with van der Waals surface area (Å²) in [6, 6.07) is 8.89. The molecule has 3 aromatic rings. The van der Waals surface area contributed by atoms with Gasteiger partial charge < -0.3 is 19.7 Å². The van der Waals surface area contributed by atoms with Crippen molar-refractivity contribution in [2.45, 2.75) is 20.0 Å². The molecule has 0 atom stereocenters. The lowest BCUT2D eigenvalue weighted by atomic mass is 10.2. The standard InChI is InChI=1S/C18H22N4O3/c1-12-4-6-16(23)14(20-12)11-19-13-5-7-17-15(10-13)22(18(24)25-17)9-8-21(2)3/h4-7,10,19,23H,8-9,11H2,1-3H3. The minimum atomic E-state index is -0.355. The second kappa shape index (κ2) is 6.98. The molecule has 0 fully saturated rings. The first-order chi connectivity index (χ1) is 11.9. The number of aromatic hydroxyl groups is 1. The molecule has 7 nitrogen and oxygen atoms in total. The Kier molecular flexibility index (Phi) is 4.76. The van der Waals surface area contributed by atoms with Gasteiger partial charge >= 0.3 is 5.76 Å². The summed E-state index contributed by atoms with van der Waals surface area (Å²) in [7, 11) is 3.92. The van der Waals surface area contributed by atoms with Gasteiger partial charge in [-0.05, 0) is 51.4 Å². The number of hydrogen-bond donors (Lipinski definition) is 2. The van der Waals surface area contributed by atoms with Crippen molar-refractivity contribution >= 4 is 16.8 Å². The fourth-order valence-corrected chi connectivity index (χ4v) is 2.60. The Bertz CT molecular complexity index is 943. The minimum absolute atomic E-state index is 0.158. The average molecular weight is 342 g/mol. The molecule has 0 radical (unpaired) electrons. The number of pyridine rings is 1. The zero-order chi connectivity index (χ0) is 18.0. The van der Waals surface area contributed by atoms with E-state index in [4.69, 9.17) is 4.42 Å². The molecule has 0 saturated carbocycles. The Morgan fingerprint density at radius 1 is 1.28 bits per heavy atom. The molecular formula is C18H22N4O3. The van der Waals surface area contributed by atoms with Crippen molar-refractivity contribution in [1.29, 1.82) is 0 Å². The normalized spacial score (nSPS) is 11.4. The molecule has 2 aromatic heterocycles. The highest BCUT2D eigenvalue weighted by atomic mass is 16.4. The van der Waals surface area contributed by atoms with Crippen LogP contribution in [0.5, 0.6) is 5.75 Å². The molecule has 2 N–H and O–H groups in total. The number of rotatable bonds is 6. The summed E-state index contributed by atoms with van der Waals surface area (Å²) in [6.45, 7) is 3.57. The van der Waals surface area contributed by atoms with Gasteiger partial charge in [0.15, 0.2) is 5.58 Å². The van der Waals surface area contributed by atoms with E-state index in [1.54, 1.807) is 22.8 Å². The lowest BCUT2D eigenvalue weighted by Crippen LogP contribution is -2.23. The third kappa shape index (κ3) is 3.83. The fraction of sp³-hybridized carbons (Fsp3) is 0.333. The maximum atomic E-state index is 12.0. The van der Waals surface area contributed by atoms with Gasteiger partial charge in [-0.3, -0.25) is 9.55 Å². The van der Waals surface area contributed by atoms with E-state index in [-0.39, 0.29) is 11.5 Å². The van der Waals surface area contributed by atoms with Crippen LogP contribution >= 0.6 is 0 Å². The van der Waals surface area contributed by atoms with Gasteiger partial charge in [0.05, 0.1) is 12.1 Å². The number of hydrogen-bond acceptors (Lipinski definition) is 6. The topological polar surface area (TPSA) is 83.5 Å². The molecule has 3 rings (SSSR count). The van der Waals surface area contributed by atoms with Crippen LogP contribution in [0.15, 0.2) is 39.5 Å². The Balaban J connectivity index is 1.83. The van der Waals surface area contributed by atoms with Crippen LogP contribution < -0.4 is 11.1 Å². The number of fused-ring (bicyclic) bond motifs is 1. The minimum Gasteiger partial charge on any atom is -0.506 e. The van der Waals surface area contributed by atoms with Crippen LogP contribution in [0.2, 0.25) is 0 Å². The number of aromatic nitrogens is 2. The molecule has 7 heteroatoms. The summed E-state index contributed by atoms with van der Waals surface area (Å²) >= 11 is 0. The van der Waals surface area contributed by atoms with Gasteiger partial charge in [-0.15, -0.1) is 0 Å². The zero-order valence-corrected chi connectivity index (χ0v) is 14.6. The van der Waals surface area contributed by atoms with Crippen molar-refractivity contribution in [3.8, 4) is 5.75 Å². The van der Waals surface area contributed by atoms with Crippen LogP contribution in [0.4, 0.5) is 5.69 Å². The van der Waals surface area contributed by atoms with Gasteiger partial charge in [-0.25, -0.2) is 4.79 Å². The molecule has 0 saturated heterocycles. The molecular weight excluding hydrogens is 320 g/mol. The lowest BCUT2D eigenvalue weighted by Gasteiger charge is -2.10. The maximum absolute atomic E-state index is 12.0. The number of likely N-dealkylation sites (N-methyl/N-ethyl adjacent to an activating group) is 1. The molecule has 0 aliphatic heterocycles. The molecule has 2 heterocycles. The molecule has 1 aromatic carbocycles. The quantitative estimate of drug-likeness (QED) is 0.714. The predicted molar refractivity (Wildman–Crippen MR) is 97.0 cm³/mol. The van der Waals surface area contributed by atoms with E-state index in [9.17, 15) is 9.90 Å². The van der Waals surface area contributed by atoms with E-state index in [2.05, 4.69) is 10.3 Å².